The number of benzene rings is 1. The van der Waals surface area contributed by atoms with Gasteiger partial charge in [0.1, 0.15) is 0 Å². The van der Waals surface area contributed by atoms with Crippen molar-refractivity contribution in [2.75, 3.05) is 13.7 Å². The number of nitrogens with one attached hydrogen (secondary N) is 1. The summed E-state index contributed by atoms with van der Waals surface area (Å²) in [6.45, 7) is 4.40. The zero-order chi connectivity index (χ0) is 19.7. The van der Waals surface area contributed by atoms with Gasteiger partial charge in [-0.15, -0.1) is 0 Å². The Morgan fingerprint density at radius 3 is 2.86 bits per heavy atom. The fourth-order valence-corrected chi connectivity index (χ4v) is 4.06. The van der Waals surface area contributed by atoms with Crippen molar-refractivity contribution in [3.63, 3.8) is 0 Å². The summed E-state index contributed by atoms with van der Waals surface area (Å²) in [5.74, 6) is 0.604. The second-order valence-corrected chi connectivity index (χ2v) is 7.42. The highest BCUT2D eigenvalue weighted by molar-refractivity contribution is 7.08. The minimum Gasteiger partial charge on any atom is -0.493 e. The van der Waals surface area contributed by atoms with E-state index in [1.165, 1.54) is 0 Å². The topological polar surface area (TPSA) is 69.3 Å². The number of furan rings is 1. The van der Waals surface area contributed by atoms with Gasteiger partial charge in [-0.1, -0.05) is 12.1 Å². The first kappa shape index (κ1) is 18.3. The van der Waals surface area contributed by atoms with E-state index >= 15 is 0 Å². The fraction of sp³-hybridized carbons (Fsp3) is 0.238. The van der Waals surface area contributed by atoms with Crippen LogP contribution in [0.1, 0.15) is 33.5 Å². The molecule has 1 aromatic carbocycles. The van der Waals surface area contributed by atoms with Gasteiger partial charge in [0, 0.05) is 17.6 Å². The Morgan fingerprint density at radius 1 is 1.32 bits per heavy atom. The molecule has 28 heavy (non-hydrogen) atoms. The summed E-state index contributed by atoms with van der Waals surface area (Å²) in [6.07, 6.45) is 0. The standard InChI is InChI=1S/C21H21N3O3S/c1-13-9-14(2)24(23-13)17(16-7-8-28-12-16)11-22-21(25)19-10-15-5-4-6-18(26-3)20(15)27-19/h4-10,12,17H,11H2,1-3H3,(H,22,25). The first-order valence-corrected chi connectivity index (χ1v) is 9.90. The summed E-state index contributed by atoms with van der Waals surface area (Å²) in [7, 11) is 1.58. The molecule has 1 N–H and O–H groups in total. The first-order chi connectivity index (χ1) is 13.6. The number of methoxy groups -OCH3 is 1. The molecule has 0 bridgehead atoms. The highest BCUT2D eigenvalue weighted by Gasteiger charge is 2.21. The number of hydrogen-bond donors (Lipinski definition) is 1. The highest BCUT2D eigenvalue weighted by Crippen LogP contribution is 2.28. The Balaban J connectivity index is 1.57. The van der Waals surface area contributed by atoms with Crippen LogP contribution in [-0.4, -0.2) is 29.3 Å². The zero-order valence-electron chi connectivity index (χ0n) is 15.9. The molecular weight excluding hydrogens is 374 g/mol. The lowest BCUT2D eigenvalue weighted by atomic mass is 10.1. The monoisotopic (exact) mass is 395 g/mol. The van der Waals surface area contributed by atoms with Crippen molar-refractivity contribution in [3.8, 4) is 5.75 Å². The molecule has 1 atom stereocenters. The van der Waals surface area contributed by atoms with Crippen LogP contribution in [0.15, 0.2) is 51.6 Å². The Bertz CT molecular complexity index is 1110. The highest BCUT2D eigenvalue weighted by atomic mass is 32.1. The molecule has 3 aromatic heterocycles. The van der Waals surface area contributed by atoms with Crippen LogP contribution >= 0.6 is 11.3 Å². The number of para-hydroxylation sites is 1. The van der Waals surface area contributed by atoms with Gasteiger partial charge in [-0.05, 0) is 54.4 Å². The molecule has 4 aromatic rings. The second-order valence-electron chi connectivity index (χ2n) is 6.64. The molecule has 0 fully saturated rings. The molecule has 0 aliphatic rings. The molecule has 0 aliphatic carbocycles. The molecule has 0 aliphatic heterocycles. The van der Waals surface area contributed by atoms with Crippen LogP contribution in [0.2, 0.25) is 0 Å². The van der Waals surface area contributed by atoms with Crippen molar-refractivity contribution in [3.05, 3.63) is 69.9 Å². The molecule has 0 spiro atoms. The summed E-state index contributed by atoms with van der Waals surface area (Å²) >= 11 is 1.63. The van der Waals surface area contributed by atoms with Gasteiger partial charge >= 0.3 is 0 Å². The van der Waals surface area contributed by atoms with E-state index in [1.807, 2.05) is 48.2 Å². The number of amides is 1. The van der Waals surface area contributed by atoms with Crippen molar-refractivity contribution in [2.45, 2.75) is 19.9 Å². The van der Waals surface area contributed by atoms with Crippen LogP contribution in [0.25, 0.3) is 11.0 Å². The Kier molecular flexibility index (Phi) is 4.92. The molecule has 1 amide bonds. The van der Waals surface area contributed by atoms with Crippen LogP contribution in [0.4, 0.5) is 0 Å². The smallest absolute Gasteiger partial charge is 0.287 e. The maximum atomic E-state index is 12.7. The van der Waals surface area contributed by atoms with E-state index in [4.69, 9.17) is 9.15 Å². The van der Waals surface area contributed by atoms with Crippen molar-refractivity contribution < 1.29 is 13.9 Å². The number of aromatic nitrogens is 2. The second kappa shape index (κ2) is 7.52. The van der Waals surface area contributed by atoms with Gasteiger partial charge in [0.25, 0.3) is 5.91 Å². The number of ether oxygens (including phenoxy) is 1. The fourth-order valence-electron chi connectivity index (χ4n) is 3.36. The summed E-state index contributed by atoms with van der Waals surface area (Å²) in [5.41, 5.74) is 3.69. The largest absolute Gasteiger partial charge is 0.493 e. The van der Waals surface area contributed by atoms with Crippen LogP contribution < -0.4 is 10.1 Å². The third kappa shape index (κ3) is 3.41. The Hall–Kier alpha value is -3.06. The van der Waals surface area contributed by atoms with E-state index in [2.05, 4.69) is 21.9 Å². The maximum absolute atomic E-state index is 12.7. The van der Waals surface area contributed by atoms with E-state index in [9.17, 15) is 4.79 Å². The minimum atomic E-state index is -0.264. The van der Waals surface area contributed by atoms with Gasteiger partial charge in [-0.25, -0.2) is 0 Å². The van der Waals surface area contributed by atoms with E-state index in [1.54, 1.807) is 24.5 Å². The summed E-state index contributed by atoms with van der Waals surface area (Å²) in [4.78, 5) is 12.7. The van der Waals surface area contributed by atoms with E-state index in [0.717, 1.165) is 22.3 Å². The normalized spacial score (nSPS) is 12.2. The third-order valence-corrected chi connectivity index (χ3v) is 5.38. The molecule has 4 rings (SSSR count). The first-order valence-electron chi connectivity index (χ1n) is 8.96. The molecule has 3 heterocycles. The van der Waals surface area contributed by atoms with Crippen LogP contribution in [0, 0.1) is 13.8 Å². The van der Waals surface area contributed by atoms with Crippen LogP contribution in [-0.2, 0) is 0 Å². The van der Waals surface area contributed by atoms with Crippen molar-refractivity contribution in [2.24, 2.45) is 0 Å². The lowest BCUT2D eigenvalue weighted by Crippen LogP contribution is -2.31. The van der Waals surface area contributed by atoms with E-state index in [0.29, 0.717) is 17.9 Å². The number of carbonyl (C=O) groups excluding carboxylic acids is 1. The quantitative estimate of drug-likeness (QED) is 0.527. The molecule has 1 unspecified atom stereocenters. The summed E-state index contributed by atoms with van der Waals surface area (Å²) in [5, 5.41) is 12.5. The average Bonchev–Trinajstić information content (AvgIpc) is 3.41. The van der Waals surface area contributed by atoms with E-state index < -0.39 is 0 Å². The number of thiophene rings is 1. The number of nitrogens with zero attached hydrogens (tertiary/aromatic N) is 2. The molecular formula is C21H21N3O3S. The molecule has 0 saturated heterocycles. The Labute approximate surface area is 166 Å². The van der Waals surface area contributed by atoms with Gasteiger partial charge in [0.15, 0.2) is 17.1 Å². The molecule has 144 valence electrons. The van der Waals surface area contributed by atoms with Crippen molar-refractivity contribution in [1.29, 1.82) is 0 Å². The number of rotatable bonds is 6. The molecule has 0 saturated carbocycles. The number of aryl methyl sites for hydroxylation is 2. The minimum absolute atomic E-state index is 0.0807. The van der Waals surface area contributed by atoms with Gasteiger partial charge in [-0.3, -0.25) is 9.48 Å². The van der Waals surface area contributed by atoms with Crippen molar-refractivity contribution >= 4 is 28.2 Å². The third-order valence-electron chi connectivity index (χ3n) is 4.68. The number of fused-ring (bicyclic) bond motifs is 1. The van der Waals surface area contributed by atoms with Gasteiger partial charge in [0.2, 0.25) is 0 Å². The zero-order valence-corrected chi connectivity index (χ0v) is 16.7. The van der Waals surface area contributed by atoms with Gasteiger partial charge < -0.3 is 14.5 Å². The molecule has 6 nitrogen and oxygen atoms in total. The number of carbonyl (C=O) groups is 1. The van der Waals surface area contributed by atoms with Gasteiger partial charge in [-0.2, -0.15) is 16.4 Å². The lowest BCUT2D eigenvalue weighted by Gasteiger charge is -2.19. The van der Waals surface area contributed by atoms with Crippen molar-refractivity contribution in [1.82, 2.24) is 15.1 Å². The molecule has 7 heteroatoms. The maximum Gasteiger partial charge on any atom is 0.287 e. The predicted octanol–water partition coefficient (Wildman–Crippen LogP) is 4.34. The van der Waals surface area contributed by atoms with Gasteiger partial charge in [0.05, 0.1) is 18.8 Å². The van der Waals surface area contributed by atoms with E-state index in [-0.39, 0.29) is 17.7 Å². The Morgan fingerprint density at radius 2 is 2.18 bits per heavy atom. The number of hydrogen-bond acceptors (Lipinski definition) is 5. The lowest BCUT2D eigenvalue weighted by molar-refractivity contribution is 0.0923. The summed E-state index contributed by atoms with van der Waals surface area (Å²) in [6, 6.07) is 11.3. The van der Waals surface area contributed by atoms with Crippen LogP contribution in [0.3, 0.4) is 0 Å². The van der Waals surface area contributed by atoms with Crippen LogP contribution in [0.5, 0.6) is 5.75 Å². The predicted molar refractivity (Wildman–Crippen MR) is 109 cm³/mol. The SMILES string of the molecule is COc1cccc2cc(C(=O)NCC(c3ccsc3)n3nc(C)cc3C)oc12. The molecule has 0 radical (unpaired) electrons. The summed E-state index contributed by atoms with van der Waals surface area (Å²) < 4.78 is 13.0. The average molecular weight is 395 g/mol.